The van der Waals surface area contributed by atoms with Gasteiger partial charge in [0.25, 0.3) is 0 Å². The topological polar surface area (TPSA) is 0 Å². The second-order valence-electron chi connectivity index (χ2n) is 2.80. The van der Waals surface area contributed by atoms with E-state index in [4.69, 9.17) is 0 Å². The number of thiophene rings is 1. The van der Waals surface area contributed by atoms with Gasteiger partial charge in [-0.05, 0) is 23.8 Å². The van der Waals surface area contributed by atoms with Crippen LogP contribution in [0, 0.1) is 0 Å². The summed E-state index contributed by atoms with van der Waals surface area (Å²) in [5.74, 6) is 0. The van der Waals surface area contributed by atoms with Gasteiger partial charge in [-0.25, -0.2) is 4.39 Å². The van der Waals surface area contributed by atoms with E-state index in [1.807, 2.05) is 29.6 Å². The van der Waals surface area contributed by atoms with E-state index in [9.17, 15) is 4.39 Å². The van der Waals surface area contributed by atoms with Crippen LogP contribution in [0.4, 0.5) is 4.39 Å². The molecule has 0 nitrogen and oxygen atoms in total. The van der Waals surface area contributed by atoms with Gasteiger partial charge in [0.2, 0.25) is 0 Å². The first-order valence-corrected chi connectivity index (χ1v) is 4.77. The molecule has 1 aromatic carbocycles. The van der Waals surface area contributed by atoms with Crippen molar-refractivity contribution in [2.45, 2.75) is 13.1 Å². The van der Waals surface area contributed by atoms with E-state index in [0.717, 1.165) is 15.6 Å². The van der Waals surface area contributed by atoms with E-state index in [-0.39, 0.29) is 0 Å². The van der Waals surface area contributed by atoms with E-state index >= 15 is 0 Å². The molecule has 0 saturated carbocycles. The molecule has 1 aromatic heterocycles. The Hall–Kier alpha value is -0.890. The van der Waals surface area contributed by atoms with Crippen molar-refractivity contribution < 1.29 is 4.39 Å². The second-order valence-corrected chi connectivity index (χ2v) is 3.71. The van der Waals surface area contributed by atoms with Crippen LogP contribution in [0.3, 0.4) is 0 Å². The Morgan fingerprint density at radius 3 is 2.83 bits per heavy atom. The summed E-state index contributed by atoms with van der Waals surface area (Å²) in [5, 5.41) is 2.95. The second kappa shape index (κ2) is 2.87. The predicted octanol–water partition coefficient (Wildman–Crippen LogP) is 3.93. The lowest BCUT2D eigenvalue weighted by molar-refractivity contribution is 0.377. The number of benzene rings is 1. The van der Waals surface area contributed by atoms with Gasteiger partial charge >= 0.3 is 0 Å². The lowest BCUT2D eigenvalue weighted by Gasteiger charge is -1.97. The summed E-state index contributed by atoms with van der Waals surface area (Å²) in [5.41, 5.74) is 0.815. The minimum absolute atomic E-state index is 0.815. The standard InChI is InChI=1S/C10H9FS/c1-7(11)9-6-12-10-5-3-2-4-8(9)10/h2-7H,1H3. The molecule has 0 spiro atoms. The van der Waals surface area contributed by atoms with Gasteiger partial charge in [0.15, 0.2) is 0 Å². The number of hydrogen-bond acceptors (Lipinski definition) is 1. The zero-order valence-electron chi connectivity index (χ0n) is 6.75. The zero-order valence-corrected chi connectivity index (χ0v) is 7.57. The summed E-state index contributed by atoms with van der Waals surface area (Å²) in [7, 11) is 0. The molecule has 1 atom stereocenters. The van der Waals surface area contributed by atoms with Crippen molar-refractivity contribution in [3.8, 4) is 0 Å². The number of hydrogen-bond donors (Lipinski definition) is 0. The smallest absolute Gasteiger partial charge is 0.124 e. The Bertz CT molecular complexity index is 389. The maximum Gasteiger partial charge on any atom is 0.124 e. The molecule has 0 saturated heterocycles. The van der Waals surface area contributed by atoms with Gasteiger partial charge < -0.3 is 0 Å². The van der Waals surface area contributed by atoms with Gasteiger partial charge in [0, 0.05) is 10.3 Å². The molecule has 12 heavy (non-hydrogen) atoms. The highest BCUT2D eigenvalue weighted by atomic mass is 32.1. The van der Waals surface area contributed by atoms with Crippen LogP contribution in [0.25, 0.3) is 10.1 Å². The first-order valence-electron chi connectivity index (χ1n) is 3.89. The fourth-order valence-electron chi connectivity index (χ4n) is 1.31. The molecule has 1 heterocycles. The lowest BCUT2D eigenvalue weighted by atomic mass is 10.1. The fourth-order valence-corrected chi connectivity index (χ4v) is 2.34. The summed E-state index contributed by atoms with van der Waals surface area (Å²) >= 11 is 1.60. The summed E-state index contributed by atoms with van der Waals surface area (Å²) in [4.78, 5) is 0. The van der Waals surface area contributed by atoms with Crippen LogP contribution in [-0.4, -0.2) is 0 Å². The van der Waals surface area contributed by atoms with Crippen LogP contribution >= 0.6 is 11.3 Å². The van der Waals surface area contributed by atoms with Crippen LogP contribution < -0.4 is 0 Å². The normalized spacial score (nSPS) is 13.5. The number of rotatable bonds is 1. The summed E-state index contributed by atoms with van der Waals surface area (Å²) < 4.78 is 14.2. The molecule has 0 radical (unpaired) electrons. The van der Waals surface area contributed by atoms with E-state index < -0.39 is 6.17 Å². The third-order valence-corrected chi connectivity index (χ3v) is 2.92. The Morgan fingerprint density at radius 2 is 2.08 bits per heavy atom. The number of fused-ring (bicyclic) bond motifs is 1. The highest BCUT2D eigenvalue weighted by Gasteiger charge is 2.08. The van der Waals surface area contributed by atoms with Gasteiger partial charge in [-0.1, -0.05) is 18.2 Å². The quantitative estimate of drug-likeness (QED) is 0.623. The van der Waals surface area contributed by atoms with Crippen molar-refractivity contribution in [2.75, 3.05) is 0 Å². The molecular weight excluding hydrogens is 171 g/mol. The van der Waals surface area contributed by atoms with Crippen LogP contribution in [0.15, 0.2) is 29.6 Å². The van der Waals surface area contributed by atoms with Crippen molar-refractivity contribution >= 4 is 21.4 Å². The Kier molecular flexibility index (Phi) is 1.85. The highest BCUT2D eigenvalue weighted by molar-refractivity contribution is 7.17. The van der Waals surface area contributed by atoms with Crippen molar-refractivity contribution in [2.24, 2.45) is 0 Å². The van der Waals surface area contributed by atoms with Gasteiger partial charge in [-0.3, -0.25) is 0 Å². The van der Waals surface area contributed by atoms with E-state index in [0.29, 0.717) is 0 Å². The largest absolute Gasteiger partial charge is 0.243 e. The number of halogens is 1. The van der Waals surface area contributed by atoms with Crippen LogP contribution in [0.5, 0.6) is 0 Å². The Morgan fingerprint density at radius 1 is 1.33 bits per heavy atom. The number of alkyl halides is 1. The molecule has 1 unspecified atom stereocenters. The molecule has 0 aliphatic heterocycles. The fraction of sp³-hybridized carbons (Fsp3) is 0.200. The summed E-state index contributed by atoms with van der Waals surface area (Å²) in [6.45, 7) is 1.58. The average molecular weight is 180 g/mol. The monoisotopic (exact) mass is 180 g/mol. The Labute approximate surface area is 74.6 Å². The summed E-state index contributed by atoms with van der Waals surface area (Å²) in [6, 6.07) is 7.91. The third-order valence-electron chi connectivity index (χ3n) is 1.94. The Balaban J connectivity index is 2.70. The minimum Gasteiger partial charge on any atom is -0.243 e. The van der Waals surface area contributed by atoms with Crippen LogP contribution in [0.2, 0.25) is 0 Å². The van der Waals surface area contributed by atoms with E-state index in [1.54, 1.807) is 18.3 Å². The maximum absolute atomic E-state index is 13.0. The van der Waals surface area contributed by atoms with Crippen molar-refractivity contribution in [3.05, 3.63) is 35.2 Å². The average Bonchev–Trinajstić information content (AvgIpc) is 2.47. The molecule has 2 heteroatoms. The molecule has 0 amide bonds. The van der Waals surface area contributed by atoms with Crippen molar-refractivity contribution in [1.29, 1.82) is 0 Å². The maximum atomic E-state index is 13.0. The van der Waals surface area contributed by atoms with Gasteiger partial charge in [-0.2, -0.15) is 0 Å². The molecule has 62 valence electrons. The molecule has 0 aliphatic rings. The molecule has 0 aliphatic carbocycles. The SMILES string of the molecule is CC(F)c1csc2ccccc12. The van der Waals surface area contributed by atoms with E-state index in [1.165, 1.54) is 0 Å². The predicted molar refractivity (Wildman–Crippen MR) is 51.3 cm³/mol. The zero-order chi connectivity index (χ0) is 8.55. The molecular formula is C10H9FS. The van der Waals surface area contributed by atoms with E-state index in [2.05, 4.69) is 0 Å². The van der Waals surface area contributed by atoms with Gasteiger partial charge in [0.05, 0.1) is 0 Å². The van der Waals surface area contributed by atoms with Gasteiger partial charge in [-0.15, -0.1) is 11.3 Å². The molecule has 2 rings (SSSR count). The lowest BCUT2D eigenvalue weighted by Crippen LogP contribution is -1.80. The first-order chi connectivity index (χ1) is 5.79. The minimum atomic E-state index is -0.860. The van der Waals surface area contributed by atoms with Crippen molar-refractivity contribution in [1.82, 2.24) is 0 Å². The summed E-state index contributed by atoms with van der Waals surface area (Å²) in [6.07, 6.45) is -0.860. The molecule has 0 bridgehead atoms. The molecule has 2 aromatic rings. The third kappa shape index (κ3) is 1.12. The van der Waals surface area contributed by atoms with Crippen LogP contribution in [0.1, 0.15) is 18.7 Å². The van der Waals surface area contributed by atoms with Crippen LogP contribution in [-0.2, 0) is 0 Å². The first kappa shape index (κ1) is 7.74. The highest BCUT2D eigenvalue weighted by Crippen LogP contribution is 2.31. The van der Waals surface area contributed by atoms with Crippen molar-refractivity contribution in [3.63, 3.8) is 0 Å². The molecule has 0 N–H and O–H groups in total. The molecule has 0 fully saturated rings. The van der Waals surface area contributed by atoms with Gasteiger partial charge in [0.1, 0.15) is 6.17 Å².